The molecule has 2 amide bonds. The molecule has 0 bridgehead atoms. The van der Waals surface area contributed by atoms with E-state index < -0.39 is 16.1 Å². The van der Waals surface area contributed by atoms with Crippen LogP contribution >= 0.6 is 0 Å². The molecule has 3 heterocycles. The number of hydrogen-bond donors (Lipinski definition) is 1. The van der Waals surface area contributed by atoms with E-state index in [4.69, 9.17) is 4.42 Å². The standard InChI is InChI=1S/C23H29N3O5S/c1-16-13-17(2)15-25(14-16)32(29,30)19-9-7-18(8-10-19)24-22(27)20-5-3-11-26(20)23(28)21-6-4-12-31-21/h4,6-10,12,16-17,20H,3,5,11,13-15H2,1-2H3,(H,24,27)/t16?,17?,20-/m0/s1. The van der Waals surface area contributed by atoms with Crippen LogP contribution in [0, 0.1) is 11.8 Å². The van der Waals surface area contributed by atoms with Crippen LogP contribution in [-0.4, -0.2) is 55.1 Å². The Hall–Kier alpha value is -2.65. The summed E-state index contributed by atoms with van der Waals surface area (Å²) in [5.74, 6) is 0.257. The Morgan fingerprint density at radius 3 is 2.38 bits per heavy atom. The minimum atomic E-state index is -3.58. The summed E-state index contributed by atoms with van der Waals surface area (Å²) in [7, 11) is -3.58. The number of piperidine rings is 1. The van der Waals surface area contributed by atoms with E-state index in [0.717, 1.165) is 12.8 Å². The van der Waals surface area contributed by atoms with Gasteiger partial charge in [0.05, 0.1) is 11.2 Å². The fraction of sp³-hybridized carbons (Fsp3) is 0.478. The van der Waals surface area contributed by atoms with Crippen LogP contribution in [0.15, 0.2) is 52.0 Å². The first kappa shape index (κ1) is 22.5. The van der Waals surface area contributed by atoms with Gasteiger partial charge in [-0.2, -0.15) is 4.31 Å². The molecule has 2 unspecified atom stereocenters. The van der Waals surface area contributed by atoms with E-state index in [1.54, 1.807) is 28.6 Å². The van der Waals surface area contributed by atoms with Crippen LogP contribution in [0.25, 0.3) is 0 Å². The minimum absolute atomic E-state index is 0.209. The van der Waals surface area contributed by atoms with E-state index >= 15 is 0 Å². The molecule has 0 aliphatic carbocycles. The average Bonchev–Trinajstić information content (AvgIpc) is 3.45. The van der Waals surface area contributed by atoms with Crippen molar-refractivity contribution in [2.45, 2.75) is 44.0 Å². The number of nitrogens with one attached hydrogen (secondary N) is 1. The maximum Gasteiger partial charge on any atom is 0.290 e. The Morgan fingerprint density at radius 1 is 1.06 bits per heavy atom. The Kier molecular flexibility index (Phi) is 6.39. The first-order valence-corrected chi connectivity index (χ1v) is 12.4. The van der Waals surface area contributed by atoms with Crippen molar-refractivity contribution in [2.75, 3.05) is 25.0 Å². The van der Waals surface area contributed by atoms with Crippen LogP contribution in [0.1, 0.15) is 43.7 Å². The second kappa shape index (κ2) is 9.07. The number of rotatable bonds is 5. The summed E-state index contributed by atoms with van der Waals surface area (Å²) in [5, 5.41) is 2.81. The first-order valence-electron chi connectivity index (χ1n) is 11.0. The molecule has 8 nitrogen and oxygen atoms in total. The molecular formula is C23H29N3O5S. The molecule has 0 saturated carbocycles. The van der Waals surface area contributed by atoms with Crippen LogP contribution in [-0.2, 0) is 14.8 Å². The van der Waals surface area contributed by atoms with E-state index in [0.29, 0.717) is 43.6 Å². The smallest absolute Gasteiger partial charge is 0.290 e. The molecule has 1 aromatic carbocycles. The highest BCUT2D eigenvalue weighted by Crippen LogP contribution is 2.28. The summed E-state index contributed by atoms with van der Waals surface area (Å²) >= 11 is 0. The quantitative estimate of drug-likeness (QED) is 0.740. The highest BCUT2D eigenvalue weighted by Gasteiger charge is 2.36. The van der Waals surface area contributed by atoms with E-state index in [9.17, 15) is 18.0 Å². The van der Waals surface area contributed by atoms with Gasteiger partial charge in [-0.05, 0) is 67.5 Å². The minimum Gasteiger partial charge on any atom is -0.459 e. The maximum atomic E-state index is 13.0. The largest absolute Gasteiger partial charge is 0.459 e. The third-order valence-electron chi connectivity index (χ3n) is 6.14. The third kappa shape index (κ3) is 4.59. The van der Waals surface area contributed by atoms with Crippen LogP contribution < -0.4 is 5.32 Å². The number of likely N-dealkylation sites (tertiary alicyclic amines) is 1. The van der Waals surface area contributed by atoms with Gasteiger partial charge >= 0.3 is 0 Å². The van der Waals surface area contributed by atoms with E-state index in [2.05, 4.69) is 19.2 Å². The van der Waals surface area contributed by atoms with Crippen molar-refractivity contribution in [1.82, 2.24) is 9.21 Å². The summed E-state index contributed by atoms with van der Waals surface area (Å²) in [4.78, 5) is 27.2. The van der Waals surface area contributed by atoms with Gasteiger partial charge in [-0.25, -0.2) is 8.42 Å². The molecule has 0 spiro atoms. The number of furan rings is 1. The van der Waals surface area contributed by atoms with Gasteiger partial charge in [-0.15, -0.1) is 0 Å². The summed E-state index contributed by atoms with van der Waals surface area (Å²) in [5.41, 5.74) is 0.492. The van der Waals surface area contributed by atoms with Crippen LogP contribution in [0.3, 0.4) is 0 Å². The van der Waals surface area contributed by atoms with Gasteiger partial charge in [0.2, 0.25) is 15.9 Å². The van der Waals surface area contributed by atoms with Gasteiger partial charge in [-0.3, -0.25) is 9.59 Å². The highest BCUT2D eigenvalue weighted by atomic mass is 32.2. The Bertz CT molecular complexity index is 1060. The lowest BCUT2D eigenvalue weighted by molar-refractivity contribution is -0.119. The third-order valence-corrected chi connectivity index (χ3v) is 7.99. The topological polar surface area (TPSA) is 99.9 Å². The van der Waals surface area contributed by atoms with Gasteiger partial charge in [-0.1, -0.05) is 13.8 Å². The molecule has 2 fully saturated rings. The first-order chi connectivity index (χ1) is 15.3. The van der Waals surface area contributed by atoms with Gasteiger partial charge < -0.3 is 14.6 Å². The lowest BCUT2D eigenvalue weighted by atomic mass is 9.94. The Morgan fingerprint density at radius 2 is 1.75 bits per heavy atom. The SMILES string of the molecule is CC1CC(C)CN(S(=O)(=O)c2ccc(NC(=O)[C@@H]3CCCN3C(=O)c3ccco3)cc2)C1. The molecule has 2 aliphatic rings. The highest BCUT2D eigenvalue weighted by molar-refractivity contribution is 7.89. The van der Waals surface area contributed by atoms with Crippen molar-refractivity contribution in [1.29, 1.82) is 0 Å². The van der Waals surface area contributed by atoms with Crippen LogP contribution in [0.5, 0.6) is 0 Å². The number of amides is 2. The number of benzene rings is 1. The number of anilines is 1. The number of hydrogen-bond acceptors (Lipinski definition) is 5. The predicted octanol–water partition coefficient (Wildman–Crippen LogP) is 3.19. The molecule has 2 saturated heterocycles. The molecule has 32 heavy (non-hydrogen) atoms. The second-order valence-corrected chi connectivity index (χ2v) is 10.9. The molecule has 1 aromatic heterocycles. The fourth-order valence-corrected chi connectivity index (χ4v) is 6.39. The van der Waals surface area contributed by atoms with Crippen molar-refractivity contribution < 1.29 is 22.4 Å². The summed E-state index contributed by atoms with van der Waals surface area (Å²) in [6.07, 6.45) is 3.75. The zero-order chi connectivity index (χ0) is 22.9. The second-order valence-electron chi connectivity index (χ2n) is 8.92. The maximum absolute atomic E-state index is 13.0. The molecule has 0 radical (unpaired) electrons. The molecule has 2 aromatic rings. The van der Waals surface area contributed by atoms with E-state index in [-0.39, 0.29) is 22.5 Å². The van der Waals surface area contributed by atoms with Crippen molar-refractivity contribution in [3.8, 4) is 0 Å². The summed E-state index contributed by atoms with van der Waals surface area (Å²) < 4.78 is 32.8. The fourth-order valence-electron chi connectivity index (χ4n) is 4.71. The van der Waals surface area contributed by atoms with Gasteiger partial charge in [0.1, 0.15) is 6.04 Å². The van der Waals surface area contributed by atoms with E-state index in [1.807, 2.05) is 0 Å². The predicted molar refractivity (Wildman–Crippen MR) is 120 cm³/mol. The molecule has 3 atom stereocenters. The molecule has 2 aliphatic heterocycles. The van der Waals surface area contributed by atoms with Gasteiger partial charge in [0.15, 0.2) is 5.76 Å². The average molecular weight is 460 g/mol. The van der Waals surface area contributed by atoms with Crippen molar-refractivity contribution in [3.05, 3.63) is 48.4 Å². The lowest BCUT2D eigenvalue weighted by Gasteiger charge is -2.34. The van der Waals surface area contributed by atoms with Gasteiger partial charge in [0.25, 0.3) is 5.91 Å². The lowest BCUT2D eigenvalue weighted by Crippen LogP contribution is -2.43. The van der Waals surface area contributed by atoms with Crippen LogP contribution in [0.2, 0.25) is 0 Å². The number of nitrogens with zero attached hydrogens (tertiary/aromatic N) is 2. The Labute approximate surface area is 188 Å². The van der Waals surface area contributed by atoms with Crippen molar-refractivity contribution in [3.63, 3.8) is 0 Å². The summed E-state index contributed by atoms with van der Waals surface area (Å²) in [6.45, 7) is 5.67. The number of sulfonamides is 1. The molecule has 9 heteroatoms. The van der Waals surface area contributed by atoms with Crippen LogP contribution in [0.4, 0.5) is 5.69 Å². The molecule has 172 valence electrons. The molecular weight excluding hydrogens is 430 g/mol. The number of carbonyl (C=O) groups is 2. The van der Waals surface area contributed by atoms with Crippen molar-refractivity contribution >= 4 is 27.5 Å². The summed E-state index contributed by atoms with van der Waals surface area (Å²) in [6, 6.07) is 8.86. The zero-order valence-corrected chi connectivity index (χ0v) is 19.2. The molecule has 1 N–H and O–H groups in total. The molecule has 4 rings (SSSR count). The number of carbonyl (C=O) groups excluding carboxylic acids is 2. The van der Waals surface area contributed by atoms with Crippen molar-refractivity contribution in [2.24, 2.45) is 11.8 Å². The van der Waals surface area contributed by atoms with E-state index in [1.165, 1.54) is 23.3 Å². The normalized spacial score (nSPS) is 24.4. The zero-order valence-electron chi connectivity index (χ0n) is 18.4. The Balaban J connectivity index is 1.43. The van der Waals surface area contributed by atoms with Gasteiger partial charge in [0, 0.05) is 25.3 Å². The monoisotopic (exact) mass is 459 g/mol.